The Bertz CT molecular complexity index is 791. The maximum Gasteiger partial charge on any atom is 0.249 e. The van der Waals surface area contributed by atoms with Gasteiger partial charge in [0.25, 0.3) is 0 Å². The van der Waals surface area contributed by atoms with Gasteiger partial charge in [0.05, 0.1) is 0 Å². The zero-order valence-corrected chi connectivity index (χ0v) is 14.1. The van der Waals surface area contributed by atoms with E-state index in [1.807, 2.05) is 0 Å². The van der Waals surface area contributed by atoms with Gasteiger partial charge in [-0.2, -0.15) is 0 Å². The Morgan fingerprint density at radius 2 is 1.04 bits per heavy atom. The first kappa shape index (κ1) is 18.2. The molecule has 0 aliphatic heterocycles. The second-order valence-corrected chi connectivity index (χ2v) is 7.39. The first-order chi connectivity index (χ1) is 12.6. The van der Waals surface area contributed by atoms with Gasteiger partial charge < -0.3 is 4.74 Å². The van der Waals surface area contributed by atoms with E-state index in [4.69, 9.17) is 4.74 Å². The van der Waals surface area contributed by atoms with E-state index in [0.29, 0.717) is 11.1 Å². The molecule has 7 heteroatoms. The van der Waals surface area contributed by atoms with Crippen LogP contribution in [-0.2, 0) is 0 Å². The van der Waals surface area contributed by atoms with Crippen molar-refractivity contribution in [2.24, 2.45) is 0 Å². The van der Waals surface area contributed by atoms with E-state index in [1.165, 1.54) is 12.1 Å². The minimum Gasteiger partial charge on any atom is -0.457 e. The van der Waals surface area contributed by atoms with Crippen molar-refractivity contribution < 1.29 is 31.1 Å². The molecule has 0 N–H and O–H groups in total. The van der Waals surface area contributed by atoms with Crippen molar-refractivity contribution in [3.8, 4) is 11.5 Å². The molecule has 2 aromatic carbocycles. The van der Waals surface area contributed by atoms with E-state index in [1.54, 1.807) is 0 Å². The Morgan fingerprint density at radius 3 is 1.37 bits per heavy atom. The first-order valence-electron chi connectivity index (χ1n) is 8.64. The first-order valence-corrected chi connectivity index (χ1v) is 8.64. The topological polar surface area (TPSA) is 9.23 Å². The minimum absolute atomic E-state index is 0.177. The molecular formula is C20H16F6O. The lowest BCUT2D eigenvalue weighted by Crippen LogP contribution is -2.34. The van der Waals surface area contributed by atoms with Gasteiger partial charge in [0.15, 0.2) is 0 Å². The summed E-state index contributed by atoms with van der Waals surface area (Å²) in [7, 11) is 0. The zero-order chi connectivity index (χ0) is 19.4. The Balaban J connectivity index is 1.63. The van der Waals surface area contributed by atoms with Crippen LogP contribution in [0.15, 0.2) is 36.4 Å². The summed E-state index contributed by atoms with van der Waals surface area (Å²) >= 11 is 0. The van der Waals surface area contributed by atoms with Gasteiger partial charge in [-0.05, 0) is 48.2 Å². The number of alkyl halides is 4. The molecule has 0 saturated heterocycles. The Labute approximate surface area is 152 Å². The van der Waals surface area contributed by atoms with Crippen LogP contribution in [-0.4, -0.2) is 11.8 Å². The van der Waals surface area contributed by atoms with E-state index in [2.05, 4.69) is 0 Å². The van der Waals surface area contributed by atoms with E-state index >= 15 is 0 Å². The summed E-state index contributed by atoms with van der Waals surface area (Å²) in [6.45, 7) is 0. The summed E-state index contributed by atoms with van der Waals surface area (Å²) in [5.74, 6) is -7.48. The van der Waals surface area contributed by atoms with E-state index in [0.717, 1.165) is 24.3 Å². The average molecular weight is 386 g/mol. The second kappa shape index (κ2) is 6.17. The maximum atomic E-state index is 13.6. The molecule has 0 amide bonds. The monoisotopic (exact) mass is 386 g/mol. The second-order valence-electron chi connectivity index (χ2n) is 7.39. The van der Waals surface area contributed by atoms with Crippen LogP contribution >= 0.6 is 0 Å². The summed E-state index contributed by atoms with van der Waals surface area (Å²) in [6.07, 6.45) is -1.62. The maximum absolute atomic E-state index is 13.6. The third-order valence-corrected chi connectivity index (χ3v) is 5.22. The summed E-state index contributed by atoms with van der Waals surface area (Å²) < 4.78 is 85.9. The highest BCUT2D eigenvalue weighted by molar-refractivity contribution is 5.46. The van der Waals surface area contributed by atoms with Crippen LogP contribution in [0.4, 0.5) is 26.3 Å². The Kier molecular flexibility index (Phi) is 4.16. The standard InChI is InChI=1S/C20H16F6O/c21-13-1-3-17(15(5-13)11-7-19(23,24)8-11)27-18-4-2-14(22)6-16(18)12-9-20(25,26)10-12/h1-6,11-12H,7-10H2. The molecule has 0 atom stereocenters. The van der Waals surface area contributed by atoms with Gasteiger partial charge in [-0.25, -0.2) is 26.3 Å². The van der Waals surface area contributed by atoms with Gasteiger partial charge >= 0.3 is 0 Å². The van der Waals surface area contributed by atoms with Crippen LogP contribution in [0.5, 0.6) is 11.5 Å². The fourth-order valence-electron chi connectivity index (χ4n) is 3.74. The molecular weight excluding hydrogens is 370 g/mol. The highest BCUT2D eigenvalue weighted by Crippen LogP contribution is 2.53. The predicted octanol–water partition coefficient (Wildman–Crippen LogP) is 6.78. The molecule has 27 heavy (non-hydrogen) atoms. The summed E-state index contributed by atoms with van der Waals surface area (Å²) in [5, 5.41) is 0. The van der Waals surface area contributed by atoms with Gasteiger partial charge in [0.2, 0.25) is 11.8 Å². The quantitative estimate of drug-likeness (QED) is 0.526. The lowest BCUT2D eigenvalue weighted by Gasteiger charge is -2.37. The van der Waals surface area contributed by atoms with Crippen molar-refractivity contribution in [2.45, 2.75) is 49.4 Å². The zero-order valence-electron chi connectivity index (χ0n) is 14.1. The molecule has 0 radical (unpaired) electrons. The number of hydrogen-bond acceptors (Lipinski definition) is 1. The molecule has 0 spiro atoms. The van der Waals surface area contributed by atoms with Crippen molar-refractivity contribution in [1.82, 2.24) is 0 Å². The molecule has 0 unspecified atom stereocenters. The SMILES string of the molecule is Fc1ccc(Oc2ccc(F)cc2C2CC(F)(F)C2)c(C2CC(F)(F)C2)c1. The molecule has 2 aliphatic carbocycles. The van der Waals surface area contributed by atoms with Gasteiger partial charge in [-0.15, -0.1) is 0 Å². The molecule has 0 aromatic heterocycles. The number of ether oxygens (including phenoxy) is 1. The molecule has 2 aromatic rings. The van der Waals surface area contributed by atoms with Crippen LogP contribution in [0.2, 0.25) is 0 Å². The molecule has 4 rings (SSSR count). The molecule has 2 saturated carbocycles. The normalized spacial score (nSPS) is 21.4. The van der Waals surface area contributed by atoms with Gasteiger partial charge in [0.1, 0.15) is 23.1 Å². The molecule has 0 heterocycles. The Morgan fingerprint density at radius 1 is 0.667 bits per heavy atom. The fourth-order valence-corrected chi connectivity index (χ4v) is 3.74. The third kappa shape index (κ3) is 3.64. The fraction of sp³-hybridized carbons (Fsp3) is 0.400. The number of benzene rings is 2. The van der Waals surface area contributed by atoms with Crippen molar-refractivity contribution >= 4 is 0 Å². The molecule has 2 aliphatic rings. The van der Waals surface area contributed by atoms with Crippen LogP contribution in [0, 0.1) is 11.6 Å². The predicted molar refractivity (Wildman–Crippen MR) is 86.7 cm³/mol. The summed E-state index contributed by atoms with van der Waals surface area (Å²) in [5.41, 5.74) is 0.602. The van der Waals surface area contributed by atoms with Crippen molar-refractivity contribution in [2.75, 3.05) is 0 Å². The summed E-state index contributed by atoms with van der Waals surface area (Å²) in [4.78, 5) is 0. The van der Waals surface area contributed by atoms with Gasteiger partial charge in [-0.3, -0.25) is 0 Å². The number of hydrogen-bond donors (Lipinski definition) is 0. The van der Waals surface area contributed by atoms with Gasteiger partial charge in [-0.1, -0.05) is 0 Å². The molecule has 1 nitrogen and oxygen atoms in total. The number of halogens is 6. The van der Waals surface area contributed by atoms with Crippen molar-refractivity contribution in [3.05, 3.63) is 59.2 Å². The average Bonchev–Trinajstić information content (AvgIpc) is 2.53. The van der Waals surface area contributed by atoms with Crippen molar-refractivity contribution in [1.29, 1.82) is 0 Å². The molecule has 0 bridgehead atoms. The molecule has 2 fully saturated rings. The molecule has 144 valence electrons. The van der Waals surface area contributed by atoms with Crippen LogP contribution in [0.1, 0.15) is 48.6 Å². The van der Waals surface area contributed by atoms with Crippen LogP contribution in [0.3, 0.4) is 0 Å². The minimum atomic E-state index is -2.78. The Hall–Kier alpha value is -2.18. The largest absolute Gasteiger partial charge is 0.457 e. The van der Waals surface area contributed by atoms with Gasteiger partial charge in [0, 0.05) is 36.8 Å². The summed E-state index contributed by atoms with van der Waals surface area (Å²) in [6, 6.07) is 7.21. The number of rotatable bonds is 4. The lowest BCUT2D eigenvalue weighted by molar-refractivity contribution is -0.0872. The van der Waals surface area contributed by atoms with Crippen LogP contribution in [0.25, 0.3) is 0 Å². The highest BCUT2D eigenvalue weighted by atomic mass is 19.3. The third-order valence-electron chi connectivity index (χ3n) is 5.22. The van der Waals surface area contributed by atoms with Crippen molar-refractivity contribution in [3.63, 3.8) is 0 Å². The van der Waals surface area contributed by atoms with E-state index < -0.39 is 61.0 Å². The highest BCUT2D eigenvalue weighted by Gasteiger charge is 2.48. The van der Waals surface area contributed by atoms with Crippen LogP contribution < -0.4 is 4.74 Å². The smallest absolute Gasteiger partial charge is 0.249 e. The van der Waals surface area contributed by atoms with E-state index in [-0.39, 0.29) is 11.5 Å². The lowest BCUT2D eigenvalue weighted by atomic mass is 9.76. The van der Waals surface area contributed by atoms with E-state index in [9.17, 15) is 26.3 Å².